The van der Waals surface area contributed by atoms with Gasteiger partial charge in [-0.1, -0.05) is 19.9 Å². The molecule has 1 aliphatic heterocycles. The summed E-state index contributed by atoms with van der Waals surface area (Å²) in [7, 11) is 0. The number of carbonyl (C=O) groups is 1. The first-order chi connectivity index (χ1) is 9.44. The van der Waals surface area contributed by atoms with E-state index in [1.54, 1.807) is 12.1 Å². The lowest BCUT2D eigenvalue weighted by Crippen LogP contribution is -2.41. The summed E-state index contributed by atoms with van der Waals surface area (Å²) >= 11 is 0. The molecular formula is C16H23FN2O. The number of amides is 1. The van der Waals surface area contributed by atoms with E-state index in [1.165, 1.54) is 6.07 Å². The van der Waals surface area contributed by atoms with Crippen LogP contribution in [0.5, 0.6) is 0 Å². The highest BCUT2D eigenvalue weighted by Gasteiger charge is 2.29. The van der Waals surface area contributed by atoms with Crippen LogP contribution in [0, 0.1) is 11.2 Å². The van der Waals surface area contributed by atoms with Gasteiger partial charge in [0.1, 0.15) is 5.82 Å². The van der Waals surface area contributed by atoms with Crippen molar-refractivity contribution in [2.24, 2.45) is 5.41 Å². The number of rotatable bonds is 3. The first-order valence-electron chi connectivity index (χ1n) is 7.26. The first-order valence-corrected chi connectivity index (χ1v) is 7.26. The molecule has 0 radical (unpaired) electrons. The van der Waals surface area contributed by atoms with Gasteiger partial charge in [-0.05, 0) is 37.3 Å². The van der Waals surface area contributed by atoms with Gasteiger partial charge >= 0.3 is 0 Å². The van der Waals surface area contributed by atoms with Crippen molar-refractivity contribution in [2.75, 3.05) is 25.0 Å². The Balaban J connectivity index is 2.19. The molecule has 1 N–H and O–H groups in total. The molecule has 1 saturated heterocycles. The minimum absolute atomic E-state index is 0.0732. The molecule has 1 fully saturated rings. The molecule has 1 heterocycles. The summed E-state index contributed by atoms with van der Waals surface area (Å²) in [6.07, 6.45) is 1.98. The van der Waals surface area contributed by atoms with Crippen molar-refractivity contribution in [3.8, 4) is 0 Å². The molecule has 1 aliphatic rings. The molecule has 0 aliphatic carbocycles. The second kappa shape index (κ2) is 5.81. The maximum atomic E-state index is 13.9. The SMILES string of the molecule is CCNc1c(F)cccc1C(=O)N1CCC(C)(C)CC1. The number of para-hydroxylation sites is 1. The topological polar surface area (TPSA) is 32.3 Å². The van der Waals surface area contributed by atoms with E-state index >= 15 is 0 Å². The van der Waals surface area contributed by atoms with Crippen LogP contribution in [0.1, 0.15) is 44.0 Å². The van der Waals surface area contributed by atoms with Crippen LogP contribution in [0.4, 0.5) is 10.1 Å². The van der Waals surface area contributed by atoms with Gasteiger partial charge in [-0.15, -0.1) is 0 Å². The van der Waals surface area contributed by atoms with E-state index in [2.05, 4.69) is 19.2 Å². The van der Waals surface area contributed by atoms with Crippen LogP contribution in [0.25, 0.3) is 0 Å². The highest BCUT2D eigenvalue weighted by molar-refractivity contribution is 5.99. The minimum Gasteiger partial charge on any atom is -0.382 e. The van der Waals surface area contributed by atoms with Crippen molar-refractivity contribution in [3.05, 3.63) is 29.6 Å². The van der Waals surface area contributed by atoms with Crippen molar-refractivity contribution in [3.63, 3.8) is 0 Å². The number of likely N-dealkylation sites (tertiary alicyclic amines) is 1. The third kappa shape index (κ3) is 3.11. The van der Waals surface area contributed by atoms with Gasteiger partial charge < -0.3 is 10.2 Å². The Labute approximate surface area is 120 Å². The molecular weight excluding hydrogens is 255 g/mol. The molecule has 0 unspecified atom stereocenters. The lowest BCUT2D eigenvalue weighted by molar-refractivity contribution is 0.0631. The summed E-state index contributed by atoms with van der Waals surface area (Å²) in [5.41, 5.74) is 1.06. The summed E-state index contributed by atoms with van der Waals surface area (Å²) in [5.74, 6) is -0.439. The quantitative estimate of drug-likeness (QED) is 0.917. The molecule has 1 aromatic carbocycles. The molecule has 0 atom stereocenters. The predicted molar refractivity (Wildman–Crippen MR) is 79.5 cm³/mol. The van der Waals surface area contributed by atoms with E-state index in [4.69, 9.17) is 0 Å². The monoisotopic (exact) mass is 278 g/mol. The number of carbonyl (C=O) groups excluding carboxylic acids is 1. The highest BCUT2D eigenvalue weighted by Crippen LogP contribution is 2.31. The number of anilines is 1. The van der Waals surface area contributed by atoms with E-state index in [1.807, 2.05) is 11.8 Å². The fourth-order valence-electron chi connectivity index (χ4n) is 2.54. The van der Waals surface area contributed by atoms with Gasteiger partial charge in [0.15, 0.2) is 0 Å². The normalized spacial score (nSPS) is 17.9. The van der Waals surface area contributed by atoms with Crippen LogP contribution in [-0.4, -0.2) is 30.4 Å². The maximum absolute atomic E-state index is 13.9. The average molecular weight is 278 g/mol. The van der Waals surface area contributed by atoms with Crippen molar-refractivity contribution >= 4 is 11.6 Å². The van der Waals surface area contributed by atoms with E-state index in [9.17, 15) is 9.18 Å². The average Bonchev–Trinajstić information content (AvgIpc) is 2.40. The largest absolute Gasteiger partial charge is 0.382 e. The zero-order valence-corrected chi connectivity index (χ0v) is 12.5. The number of hydrogen-bond acceptors (Lipinski definition) is 2. The van der Waals surface area contributed by atoms with Gasteiger partial charge in [-0.25, -0.2) is 4.39 Å². The van der Waals surface area contributed by atoms with Crippen LogP contribution in [0.2, 0.25) is 0 Å². The van der Waals surface area contributed by atoms with Gasteiger partial charge in [0, 0.05) is 19.6 Å². The van der Waals surface area contributed by atoms with Gasteiger partial charge in [-0.2, -0.15) is 0 Å². The number of piperidine rings is 1. The van der Waals surface area contributed by atoms with E-state index in [0.717, 1.165) is 25.9 Å². The van der Waals surface area contributed by atoms with Crippen LogP contribution in [0.15, 0.2) is 18.2 Å². The smallest absolute Gasteiger partial charge is 0.256 e. The Morgan fingerprint density at radius 1 is 1.35 bits per heavy atom. The van der Waals surface area contributed by atoms with Crippen molar-refractivity contribution in [2.45, 2.75) is 33.6 Å². The molecule has 1 amide bonds. The fourth-order valence-corrected chi connectivity index (χ4v) is 2.54. The van der Waals surface area contributed by atoms with Crippen molar-refractivity contribution in [1.29, 1.82) is 0 Å². The molecule has 2 rings (SSSR count). The second-order valence-electron chi connectivity index (χ2n) is 6.15. The molecule has 20 heavy (non-hydrogen) atoms. The molecule has 0 bridgehead atoms. The highest BCUT2D eigenvalue weighted by atomic mass is 19.1. The van der Waals surface area contributed by atoms with Crippen LogP contribution in [-0.2, 0) is 0 Å². The van der Waals surface area contributed by atoms with Crippen LogP contribution < -0.4 is 5.32 Å². The number of benzene rings is 1. The second-order valence-corrected chi connectivity index (χ2v) is 6.15. The number of hydrogen-bond donors (Lipinski definition) is 1. The van der Waals surface area contributed by atoms with E-state index < -0.39 is 0 Å². The Kier molecular flexibility index (Phi) is 4.31. The summed E-state index contributed by atoms with van der Waals surface area (Å²) < 4.78 is 13.9. The first kappa shape index (κ1) is 14.8. The number of nitrogens with zero attached hydrogens (tertiary/aromatic N) is 1. The third-order valence-electron chi connectivity index (χ3n) is 4.00. The Morgan fingerprint density at radius 3 is 2.60 bits per heavy atom. The molecule has 110 valence electrons. The summed E-state index contributed by atoms with van der Waals surface area (Å²) in [6.45, 7) is 8.42. The molecule has 4 heteroatoms. The van der Waals surface area contributed by atoms with Gasteiger partial charge in [0.25, 0.3) is 5.91 Å². The van der Waals surface area contributed by atoms with E-state index in [0.29, 0.717) is 23.2 Å². The molecule has 1 aromatic rings. The standard InChI is InChI=1S/C16H23FN2O/c1-4-18-14-12(6-5-7-13(14)17)15(20)19-10-8-16(2,3)9-11-19/h5-7,18H,4,8-11H2,1-3H3. The zero-order valence-electron chi connectivity index (χ0n) is 12.5. The summed E-state index contributed by atoms with van der Waals surface area (Å²) in [4.78, 5) is 14.4. The predicted octanol–water partition coefficient (Wildman–Crippen LogP) is 3.52. The summed E-state index contributed by atoms with van der Waals surface area (Å²) in [6, 6.07) is 4.68. The maximum Gasteiger partial charge on any atom is 0.256 e. The van der Waals surface area contributed by atoms with Gasteiger partial charge in [0.05, 0.1) is 11.3 Å². The Bertz CT molecular complexity index is 489. The van der Waals surface area contributed by atoms with E-state index in [-0.39, 0.29) is 11.7 Å². The zero-order chi connectivity index (χ0) is 14.8. The van der Waals surface area contributed by atoms with Crippen molar-refractivity contribution < 1.29 is 9.18 Å². The lowest BCUT2D eigenvalue weighted by Gasteiger charge is -2.37. The number of nitrogens with one attached hydrogen (secondary N) is 1. The van der Waals surface area contributed by atoms with Crippen LogP contribution >= 0.6 is 0 Å². The Hall–Kier alpha value is -1.58. The molecule has 3 nitrogen and oxygen atoms in total. The lowest BCUT2D eigenvalue weighted by atomic mass is 9.82. The van der Waals surface area contributed by atoms with Gasteiger partial charge in [-0.3, -0.25) is 4.79 Å². The van der Waals surface area contributed by atoms with Crippen molar-refractivity contribution in [1.82, 2.24) is 4.90 Å². The Morgan fingerprint density at radius 2 is 2.00 bits per heavy atom. The third-order valence-corrected chi connectivity index (χ3v) is 4.00. The van der Waals surface area contributed by atoms with Crippen LogP contribution in [0.3, 0.4) is 0 Å². The van der Waals surface area contributed by atoms with Gasteiger partial charge in [0.2, 0.25) is 0 Å². The molecule has 0 saturated carbocycles. The minimum atomic E-state index is -0.366. The fraction of sp³-hybridized carbons (Fsp3) is 0.562. The molecule has 0 spiro atoms. The summed E-state index contributed by atoms with van der Waals surface area (Å²) in [5, 5.41) is 2.96. The molecule has 0 aromatic heterocycles. The number of halogens is 1.